The first kappa shape index (κ1) is 12.1. The highest BCUT2D eigenvalue weighted by atomic mass is 19.2. The average Bonchev–Trinajstić information content (AvgIpc) is 2.57. The van der Waals surface area contributed by atoms with Crippen LogP contribution in [0, 0.1) is 35.4 Å². The third kappa shape index (κ3) is 1.96. The second kappa shape index (κ2) is 4.16. The molecule has 0 N–H and O–H groups in total. The van der Waals surface area contributed by atoms with Crippen molar-refractivity contribution >= 4 is 5.69 Å². The average molecular weight is 248 g/mol. The Morgan fingerprint density at radius 3 is 1.76 bits per heavy atom. The van der Waals surface area contributed by atoms with Crippen molar-refractivity contribution in [1.82, 2.24) is 4.98 Å². The largest absolute Gasteiger partial charge is 0.366 e. The summed E-state index contributed by atoms with van der Waals surface area (Å²) in [6.45, 7) is 4.60. The molecule has 0 aromatic carbocycles. The van der Waals surface area contributed by atoms with Gasteiger partial charge in [0.15, 0.2) is 0 Å². The van der Waals surface area contributed by atoms with Gasteiger partial charge in [0, 0.05) is 13.1 Å². The molecule has 2 rings (SSSR count). The fourth-order valence-electron chi connectivity index (χ4n) is 2.07. The molecule has 0 saturated carbocycles. The zero-order valence-electron chi connectivity index (χ0n) is 9.48. The lowest BCUT2D eigenvalue weighted by atomic mass is 10.0. The Morgan fingerprint density at radius 1 is 0.941 bits per heavy atom. The van der Waals surface area contributed by atoms with Gasteiger partial charge in [0.25, 0.3) is 11.9 Å². The Kier molecular flexibility index (Phi) is 2.97. The molecule has 2 nitrogen and oxygen atoms in total. The number of anilines is 1. The highest BCUT2D eigenvalue weighted by molar-refractivity contribution is 5.49. The van der Waals surface area contributed by atoms with Crippen LogP contribution in [0.15, 0.2) is 0 Å². The molecule has 0 spiro atoms. The number of halogens is 4. The molecule has 0 bridgehead atoms. The van der Waals surface area contributed by atoms with Gasteiger partial charge in [-0.3, -0.25) is 0 Å². The number of nitrogens with zero attached hydrogens (tertiary/aromatic N) is 2. The Hall–Kier alpha value is -1.33. The zero-order chi connectivity index (χ0) is 12.7. The van der Waals surface area contributed by atoms with Crippen LogP contribution >= 0.6 is 0 Å². The number of hydrogen-bond donors (Lipinski definition) is 0. The quantitative estimate of drug-likeness (QED) is 0.561. The van der Waals surface area contributed by atoms with Crippen molar-refractivity contribution in [2.45, 2.75) is 13.8 Å². The van der Waals surface area contributed by atoms with Crippen LogP contribution in [-0.2, 0) is 0 Å². The van der Waals surface area contributed by atoms with Crippen LogP contribution < -0.4 is 4.90 Å². The van der Waals surface area contributed by atoms with Gasteiger partial charge in [-0.15, -0.1) is 0 Å². The van der Waals surface area contributed by atoms with Crippen molar-refractivity contribution in [2.75, 3.05) is 18.0 Å². The van der Waals surface area contributed by atoms with Crippen LogP contribution in [0.25, 0.3) is 0 Å². The molecule has 1 aromatic rings. The summed E-state index contributed by atoms with van der Waals surface area (Å²) in [6.07, 6.45) is 0. The molecule has 0 radical (unpaired) electrons. The molecule has 1 aliphatic rings. The third-order valence-electron chi connectivity index (χ3n) is 3.28. The van der Waals surface area contributed by atoms with E-state index in [-0.39, 0.29) is 11.8 Å². The SMILES string of the molecule is CC1CN(c2c(F)c(F)nc(F)c2F)CC1C. The molecule has 1 aliphatic heterocycles. The van der Waals surface area contributed by atoms with E-state index in [0.717, 1.165) is 0 Å². The van der Waals surface area contributed by atoms with E-state index in [2.05, 4.69) is 4.98 Å². The molecule has 0 aliphatic carbocycles. The first-order chi connectivity index (χ1) is 7.91. The maximum atomic E-state index is 13.5. The topological polar surface area (TPSA) is 16.1 Å². The van der Waals surface area contributed by atoms with Crippen LogP contribution in [-0.4, -0.2) is 18.1 Å². The number of aromatic nitrogens is 1. The number of hydrogen-bond acceptors (Lipinski definition) is 2. The highest BCUT2D eigenvalue weighted by Crippen LogP contribution is 2.32. The van der Waals surface area contributed by atoms with Crippen LogP contribution in [0.1, 0.15) is 13.8 Å². The van der Waals surface area contributed by atoms with Gasteiger partial charge in [0.05, 0.1) is 0 Å². The summed E-state index contributed by atoms with van der Waals surface area (Å²) in [4.78, 5) is 3.86. The van der Waals surface area contributed by atoms with Gasteiger partial charge in [-0.1, -0.05) is 13.8 Å². The smallest absolute Gasteiger partial charge is 0.253 e. The van der Waals surface area contributed by atoms with E-state index < -0.39 is 29.2 Å². The summed E-state index contributed by atoms with van der Waals surface area (Å²) in [5.74, 6) is -5.63. The summed E-state index contributed by atoms with van der Waals surface area (Å²) in [5.41, 5.74) is -0.647. The van der Waals surface area contributed by atoms with E-state index in [1.54, 1.807) is 0 Å². The van der Waals surface area contributed by atoms with E-state index in [1.807, 2.05) is 13.8 Å². The van der Waals surface area contributed by atoms with E-state index in [1.165, 1.54) is 4.90 Å². The Balaban J connectivity index is 2.45. The zero-order valence-corrected chi connectivity index (χ0v) is 9.48. The van der Waals surface area contributed by atoms with Gasteiger partial charge in [-0.2, -0.15) is 22.5 Å². The minimum absolute atomic E-state index is 0.216. The molecule has 17 heavy (non-hydrogen) atoms. The van der Waals surface area contributed by atoms with E-state index >= 15 is 0 Å². The first-order valence-corrected chi connectivity index (χ1v) is 5.36. The maximum Gasteiger partial charge on any atom is 0.253 e. The van der Waals surface area contributed by atoms with Gasteiger partial charge >= 0.3 is 0 Å². The van der Waals surface area contributed by atoms with E-state index in [0.29, 0.717) is 13.1 Å². The fraction of sp³-hybridized carbons (Fsp3) is 0.545. The third-order valence-corrected chi connectivity index (χ3v) is 3.28. The Labute approximate surface area is 96.3 Å². The molecular formula is C11H12F4N2. The van der Waals surface area contributed by atoms with Crippen molar-refractivity contribution in [1.29, 1.82) is 0 Å². The van der Waals surface area contributed by atoms with Crippen molar-refractivity contribution < 1.29 is 17.6 Å². The van der Waals surface area contributed by atoms with Gasteiger partial charge in [-0.05, 0) is 11.8 Å². The molecule has 6 heteroatoms. The van der Waals surface area contributed by atoms with Crippen LogP contribution in [0.4, 0.5) is 23.2 Å². The lowest BCUT2D eigenvalue weighted by Gasteiger charge is -2.19. The highest BCUT2D eigenvalue weighted by Gasteiger charge is 2.32. The summed E-state index contributed by atoms with van der Waals surface area (Å²) < 4.78 is 52.8. The summed E-state index contributed by atoms with van der Waals surface area (Å²) in [6, 6.07) is 0. The standard InChI is InChI=1S/C11H12F4N2/c1-5-3-17(4-6(5)2)9-7(12)10(14)16-11(15)8(9)13/h5-6H,3-4H2,1-2H3. The molecule has 94 valence electrons. The molecular weight excluding hydrogens is 236 g/mol. The molecule has 1 saturated heterocycles. The lowest BCUT2D eigenvalue weighted by Crippen LogP contribution is -2.24. The summed E-state index contributed by atoms with van der Waals surface area (Å²) in [5, 5.41) is 0. The van der Waals surface area contributed by atoms with Crippen LogP contribution in [0.5, 0.6) is 0 Å². The minimum atomic E-state index is -1.61. The van der Waals surface area contributed by atoms with Crippen molar-refractivity contribution in [3.8, 4) is 0 Å². The van der Waals surface area contributed by atoms with Crippen molar-refractivity contribution in [2.24, 2.45) is 11.8 Å². The number of pyridine rings is 1. The summed E-state index contributed by atoms with van der Waals surface area (Å²) >= 11 is 0. The monoisotopic (exact) mass is 248 g/mol. The normalized spacial score (nSPS) is 24.5. The van der Waals surface area contributed by atoms with Gasteiger partial charge in [0.1, 0.15) is 5.69 Å². The Morgan fingerprint density at radius 2 is 1.35 bits per heavy atom. The van der Waals surface area contributed by atoms with Crippen molar-refractivity contribution in [3.05, 3.63) is 23.5 Å². The molecule has 0 amide bonds. The van der Waals surface area contributed by atoms with Crippen LogP contribution in [0.2, 0.25) is 0 Å². The lowest BCUT2D eigenvalue weighted by molar-refractivity contribution is 0.407. The Bertz CT molecular complexity index is 413. The second-order valence-corrected chi connectivity index (χ2v) is 4.53. The molecule has 2 heterocycles. The molecule has 2 atom stereocenters. The predicted molar refractivity (Wildman–Crippen MR) is 54.6 cm³/mol. The maximum absolute atomic E-state index is 13.5. The van der Waals surface area contributed by atoms with Gasteiger partial charge < -0.3 is 4.90 Å². The predicted octanol–water partition coefficient (Wildman–Crippen LogP) is 2.73. The molecule has 1 aromatic heterocycles. The second-order valence-electron chi connectivity index (χ2n) is 4.53. The van der Waals surface area contributed by atoms with Gasteiger partial charge in [0.2, 0.25) is 11.6 Å². The van der Waals surface area contributed by atoms with Gasteiger partial charge in [-0.25, -0.2) is 0 Å². The van der Waals surface area contributed by atoms with Crippen molar-refractivity contribution in [3.63, 3.8) is 0 Å². The minimum Gasteiger partial charge on any atom is -0.366 e. The molecule has 1 fully saturated rings. The fourth-order valence-corrected chi connectivity index (χ4v) is 2.07. The van der Waals surface area contributed by atoms with E-state index in [4.69, 9.17) is 0 Å². The van der Waals surface area contributed by atoms with E-state index in [9.17, 15) is 17.6 Å². The molecule has 2 unspecified atom stereocenters. The number of rotatable bonds is 1. The van der Waals surface area contributed by atoms with Crippen LogP contribution in [0.3, 0.4) is 0 Å². The summed E-state index contributed by atoms with van der Waals surface area (Å²) in [7, 11) is 0. The first-order valence-electron chi connectivity index (χ1n) is 5.36.